The van der Waals surface area contributed by atoms with Crippen molar-refractivity contribution in [2.75, 3.05) is 6.61 Å². The second kappa shape index (κ2) is 7.50. The first kappa shape index (κ1) is 15.1. The third kappa shape index (κ3) is 4.39. The molecule has 3 atom stereocenters. The molecular weight excluding hydrogens is 270 g/mol. The van der Waals surface area contributed by atoms with Gasteiger partial charge in [-0.3, -0.25) is 4.79 Å². The number of aliphatic hydroxyl groups is 1. The number of nitrogens with one attached hydrogen (secondary N) is 1. The Morgan fingerprint density at radius 3 is 2.80 bits per heavy atom. The van der Waals surface area contributed by atoms with Gasteiger partial charge in [-0.15, -0.1) is 11.8 Å². The molecule has 1 aromatic carbocycles. The van der Waals surface area contributed by atoms with Crippen LogP contribution in [-0.4, -0.2) is 28.9 Å². The minimum Gasteiger partial charge on any atom is -0.396 e. The van der Waals surface area contributed by atoms with Crippen molar-refractivity contribution in [3.8, 4) is 0 Å². The third-order valence-corrected chi connectivity index (χ3v) is 4.66. The van der Waals surface area contributed by atoms with Gasteiger partial charge < -0.3 is 10.4 Å². The smallest absolute Gasteiger partial charge is 0.233 e. The number of amides is 1. The molecule has 1 aromatic rings. The summed E-state index contributed by atoms with van der Waals surface area (Å²) in [5, 5.41) is 12.0. The van der Waals surface area contributed by atoms with Crippen molar-refractivity contribution in [3.63, 3.8) is 0 Å². The first-order valence-corrected chi connectivity index (χ1v) is 7.99. The molecule has 1 aliphatic rings. The molecule has 0 radical (unpaired) electrons. The predicted octanol–water partition coefficient (Wildman–Crippen LogP) is 2.36. The summed E-state index contributed by atoms with van der Waals surface area (Å²) in [4.78, 5) is 12.1. The van der Waals surface area contributed by atoms with Crippen molar-refractivity contribution >= 4 is 17.7 Å². The summed E-state index contributed by atoms with van der Waals surface area (Å²) in [6.45, 7) is 2.09. The number of benzene rings is 1. The number of thioether (sulfide) groups is 1. The van der Waals surface area contributed by atoms with Gasteiger partial charge in [0.05, 0.1) is 5.25 Å². The highest BCUT2D eigenvalue weighted by molar-refractivity contribution is 7.99. The van der Waals surface area contributed by atoms with Gasteiger partial charge in [0.1, 0.15) is 0 Å². The van der Waals surface area contributed by atoms with Gasteiger partial charge in [-0.25, -0.2) is 0 Å². The number of rotatable bonds is 6. The number of hydrogen-bond donors (Lipinski definition) is 2. The van der Waals surface area contributed by atoms with Crippen molar-refractivity contribution in [2.45, 2.75) is 30.4 Å². The van der Waals surface area contributed by atoms with Crippen molar-refractivity contribution in [3.05, 3.63) is 48.0 Å². The monoisotopic (exact) mass is 291 g/mol. The van der Waals surface area contributed by atoms with Gasteiger partial charge in [0.2, 0.25) is 5.91 Å². The normalized spacial score (nSPS) is 22.7. The lowest BCUT2D eigenvalue weighted by atomic mass is 10.1. The van der Waals surface area contributed by atoms with Crippen LogP contribution in [0.15, 0.2) is 42.5 Å². The van der Waals surface area contributed by atoms with Gasteiger partial charge in [-0.2, -0.15) is 0 Å². The SMILES string of the molecule is CC(SCc1ccccc1)C(=O)N[C@@H]1C=C[C@H](CO)C1. The van der Waals surface area contributed by atoms with Crippen LogP contribution in [0.5, 0.6) is 0 Å². The number of carbonyl (C=O) groups is 1. The molecule has 0 fully saturated rings. The fraction of sp³-hybridized carbons (Fsp3) is 0.438. The summed E-state index contributed by atoms with van der Waals surface area (Å²) in [5.74, 6) is 1.10. The molecular formula is C16H21NO2S. The fourth-order valence-electron chi connectivity index (χ4n) is 2.19. The van der Waals surface area contributed by atoms with Gasteiger partial charge >= 0.3 is 0 Å². The first-order chi connectivity index (χ1) is 9.69. The maximum atomic E-state index is 12.1. The van der Waals surface area contributed by atoms with E-state index < -0.39 is 0 Å². The van der Waals surface area contributed by atoms with E-state index in [0.29, 0.717) is 0 Å². The zero-order chi connectivity index (χ0) is 14.4. The molecule has 20 heavy (non-hydrogen) atoms. The quantitative estimate of drug-likeness (QED) is 0.791. The van der Waals surface area contributed by atoms with Crippen molar-refractivity contribution < 1.29 is 9.90 Å². The Balaban J connectivity index is 1.74. The van der Waals surface area contributed by atoms with E-state index in [0.717, 1.165) is 12.2 Å². The maximum absolute atomic E-state index is 12.1. The van der Waals surface area contributed by atoms with E-state index in [1.165, 1.54) is 5.56 Å². The molecule has 4 heteroatoms. The highest BCUT2D eigenvalue weighted by Crippen LogP contribution is 2.20. The van der Waals surface area contributed by atoms with E-state index in [4.69, 9.17) is 5.11 Å². The molecule has 1 amide bonds. The molecule has 1 unspecified atom stereocenters. The van der Waals surface area contributed by atoms with Gasteiger partial charge in [-0.05, 0) is 18.9 Å². The minimum absolute atomic E-state index is 0.0687. The largest absolute Gasteiger partial charge is 0.396 e. The molecule has 2 rings (SSSR count). The molecule has 3 nitrogen and oxygen atoms in total. The second-order valence-corrected chi connectivity index (χ2v) is 6.45. The van der Waals surface area contributed by atoms with Gasteiger partial charge in [0.15, 0.2) is 0 Å². The fourth-order valence-corrected chi connectivity index (χ4v) is 3.04. The van der Waals surface area contributed by atoms with Crippen LogP contribution in [0.4, 0.5) is 0 Å². The zero-order valence-electron chi connectivity index (χ0n) is 11.7. The first-order valence-electron chi connectivity index (χ1n) is 6.94. The standard InChI is InChI=1S/C16H21NO2S/c1-12(20-11-13-5-3-2-4-6-13)16(19)17-15-8-7-14(9-15)10-18/h2-8,12,14-15,18H,9-11H2,1H3,(H,17,19)/t12?,14-,15+/m0/s1. The third-order valence-electron chi connectivity index (χ3n) is 3.45. The molecule has 2 N–H and O–H groups in total. The molecule has 108 valence electrons. The van der Waals surface area contributed by atoms with Crippen LogP contribution in [0.3, 0.4) is 0 Å². The Labute approximate surface area is 124 Å². The minimum atomic E-state index is -0.0724. The van der Waals surface area contributed by atoms with Crippen LogP contribution in [0, 0.1) is 5.92 Å². The molecule has 0 spiro atoms. The molecule has 0 aliphatic heterocycles. The average Bonchev–Trinajstić information content (AvgIpc) is 2.93. The molecule has 0 saturated carbocycles. The van der Waals surface area contributed by atoms with E-state index in [1.807, 2.05) is 37.3 Å². The summed E-state index contributed by atoms with van der Waals surface area (Å²) in [7, 11) is 0. The van der Waals surface area contributed by atoms with Crippen LogP contribution < -0.4 is 5.32 Å². The van der Waals surface area contributed by atoms with Crippen LogP contribution in [0.25, 0.3) is 0 Å². The van der Waals surface area contributed by atoms with Crippen LogP contribution in [0.1, 0.15) is 18.9 Å². The Hall–Kier alpha value is -1.26. The van der Waals surface area contributed by atoms with E-state index in [9.17, 15) is 4.79 Å². The molecule has 0 aromatic heterocycles. The van der Waals surface area contributed by atoms with E-state index in [1.54, 1.807) is 11.8 Å². The Kier molecular flexibility index (Phi) is 5.68. The highest BCUT2D eigenvalue weighted by atomic mass is 32.2. The predicted molar refractivity (Wildman–Crippen MR) is 83.5 cm³/mol. The van der Waals surface area contributed by atoms with E-state index in [-0.39, 0.29) is 29.7 Å². The Morgan fingerprint density at radius 2 is 2.15 bits per heavy atom. The Morgan fingerprint density at radius 1 is 1.40 bits per heavy atom. The number of carbonyl (C=O) groups excluding carboxylic acids is 1. The highest BCUT2D eigenvalue weighted by Gasteiger charge is 2.22. The maximum Gasteiger partial charge on any atom is 0.233 e. The summed E-state index contributed by atoms with van der Waals surface area (Å²) >= 11 is 1.64. The average molecular weight is 291 g/mol. The van der Waals surface area contributed by atoms with Crippen LogP contribution >= 0.6 is 11.8 Å². The summed E-state index contributed by atoms with van der Waals surface area (Å²) in [5.41, 5.74) is 1.23. The van der Waals surface area contributed by atoms with Gasteiger partial charge in [-0.1, -0.05) is 42.5 Å². The van der Waals surface area contributed by atoms with E-state index in [2.05, 4.69) is 17.4 Å². The Bertz CT molecular complexity index is 461. The van der Waals surface area contributed by atoms with Crippen molar-refractivity contribution in [2.24, 2.45) is 5.92 Å². The molecule has 0 bridgehead atoms. The van der Waals surface area contributed by atoms with Crippen LogP contribution in [-0.2, 0) is 10.5 Å². The second-order valence-electron chi connectivity index (χ2n) is 5.12. The van der Waals surface area contributed by atoms with Gasteiger partial charge in [0, 0.05) is 24.3 Å². The topological polar surface area (TPSA) is 49.3 Å². The lowest BCUT2D eigenvalue weighted by Crippen LogP contribution is -2.37. The molecule has 0 heterocycles. The molecule has 1 aliphatic carbocycles. The zero-order valence-corrected chi connectivity index (χ0v) is 12.5. The van der Waals surface area contributed by atoms with E-state index >= 15 is 0 Å². The van der Waals surface area contributed by atoms with Gasteiger partial charge in [0.25, 0.3) is 0 Å². The number of aliphatic hydroxyl groups excluding tert-OH is 1. The summed E-state index contributed by atoms with van der Waals surface area (Å²) in [6, 6.07) is 10.2. The van der Waals surface area contributed by atoms with Crippen LogP contribution in [0.2, 0.25) is 0 Å². The van der Waals surface area contributed by atoms with Crippen molar-refractivity contribution in [1.29, 1.82) is 0 Å². The lowest BCUT2D eigenvalue weighted by Gasteiger charge is -2.16. The summed E-state index contributed by atoms with van der Waals surface area (Å²) in [6.07, 6.45) is 4.76. The number of hydrogen-bond acceptors (Lipinski definition) is 3. The summed E-state index contributed by atoms with van der Waals surface area (Å²) < 4.78 is 0. The molecule has 0 saturated heterocycles. The lowest BCUT2D eigenvalue weighted by molar-refractivity contribution is -0.120. The van der Waals surface area contributed by atoms with Crippen molar-refractivity contribution in [1.82, 2.24) is 5.32 Å².